The van der Waals surface area contributed by atoms with Crippen LogP contribution >= 0.6 is 0 Å². The van der Waals surface area contributed by atoms with Gasteiger partial charge in [-0.15, -0.1) is 0 Å². The molecular formula is C49H87NO8. The predicted molar refractivity (Wildman–Crippen MR) is 239 cm³/mol. The molecule has 7 atom stereocenters. The number of amides is 1. The van der Waals surface area contributed by atoms with Crippen LogP contribution < -0.4 is 5.32 Å². The van der Waals surface area contributed by atoms with Gasteiger partial charge < -0.3 is 40.3 Å². The first kappa shape index (κ1) is 53.9. The van der Waals surface area contributed by atoms with Crippen molar-refractivity contribution in [2.75, 3.05) is 13.2 Å². The Morgan fingerprint density at radius 2 is 1.07 bits per heavy atom. The Balaban J connectivity index is 2.38. The molecule has 1 aliphatic heterocycles. The van der Waals surface area contributed by atoms with Gasteiger partial charge in [-0.1, -0.05) is 171 Å². The number of aliphatic hydroxyl groups is 5. The highest BCUT2D eigenvalue weighted by atomic mass is 16.7. The number of aliphatic hydroxyl groups excluding tert-OH is 5. The molecule has 7 unspecified atom stereocenters. The smallest absolute Gasteiger partial charge is 0.220 e. The summed E-state index contributed by atoms with van der Waals surface area (Å²) in [6, 6.07) is -0.836. The molecular weight excluding hydrogens is 731 g/mol. The molecule has 0 spiro atoms. The maximum atomic E-state index is 12.9. The van der Waals surface area contributed by atoms with Crippen LogP contribution in [0.25, 0.3) is 0 Å². The van der Waals surface area contributed by atoms with Gasteiger partial charge in [0.2, 0.25) is 5.91 Å². The molecule has 58 heavy (non-hydrogen) atoms. The standard InChI is InChI=1S/C49H87NO8/c1-3-5-7-9-11-13-15-17-18-19-20-21-22-23-24-25-27-28-30-32-34-36-38-43(52)42(41-57-49-48(56)47(55)46(54)44(40-51)58-49)50-45(53)39-37-35-33-31-29-26-16-14-12-10-8-6-4-2/h8,10,14,16,23-24,28,30,36,38,42-44,46-49,51-52,54-56H,3-7,9,11-13,15,17-22,25-27,29,31-35,37,39-41H2,1-2H3,(H,50,53)/b10-8-,16-14-,24-23+,30-28+,38-36+. The highest BCUT2D eigenvalue weighted by molar-refractivity contribution is 5.76. The van der Waals surface area contributed by atoms with Crippen molar-refractivity contribution in [2.45, 2.75) is 230 Å². The number of unbranched alkanes of at least 4 members (excludes halogenated alkanes) is 20. The number of carbonyl (C=O) groups is 1. The fourth-order valence-corrected chi connectivity index (χ4v) is 6.99. The average Bonchev–Trinajstić information content (AvgIpc) is 3.22. The summed E-state index contributed by atoms with van der Waals surface area (Å²) in [6.45, 7) is 3.67. The molecule has 0 aromatic carbocycles. The molecule has 0 bridgehead atoms. The zero-order valence-corrected chi connectivity index (χ0v) is 36.8. The largest absolute Gasteiger partial charge is 0.394 e. The van der Waals surface area contributed by atoms with Crippen LogP contribution in [0.1, 0.15) is 187 Å². The Hall–Kier alpha value is -2.11. The first-order valence-corrected chi connectivity index (χ1v) is 23.5. The highest BCUT2D eigenvalue weighted by Crippen LogP contribution is 2.22. The van der Waals surface area contributed by atoms with E-state index < -0.39 is 49.5 Å². The van der Waals surface area contributed by atoms with Crippen molar-refractivity contribution < 1.29 is 39.8 Å². The molecule has 1 heterocycles. The Labute approximate surface area is 354 Å². The van der Waals surface area contributed by atoms with Crippen LogP contribution in [-0.2, 0) is 14.3 Å². The minimum atomic E-state index is -1.58. The lowest BCUT2D eigenvalue weighted by Crippen LogP contribution is -2.60. The van der Waals surface area contributed by atoms with Crippen molar-refractivity contribution in [2.24, 2.45) is 0 Å². The second kappa shape index (κ2) is 39.1. The van der Waals surface area contributed by atoms with Gasteiger partial charge in [-0.25, -0.2) is 0 Å². The van der Waals surface area contributed by atoms with E-state index in [0.717, 1.165) is 77.0 Å². The highest BCUT2D eigenvalue weighted by Gasteiger charge is 2.44. The number of hydrogen-bond acceptors (Lipinski definition) is 8. The molecule has 1 amide bonds. The lowest BCUT2D eigenvalue weighted by Gasteiger charge is -2.40. The van der Waals surface area contributed by atoms with Crippen LogP contribution in [0.15, 0.2) is 60.8 Å². The number of rotatable bonds is 38. The fraction of sp³-hybridized carbons (Fsp3) is 0.776. The van der Waals surface area contributed by atoms with E-state index in [1.165, 1.54) is 89.9 Å². The number of allylic oxidation sites excluding steroid dienone is 9. The van der Waals surface area contributed by atoms with Gasteiger partial charge in [0.1, 0.15) is 24.4 Å². The third-order valence-corrected chi connectivity index (χ3v) is 10.8. The van der Waals surface area contributed by atoms with E-state index in [1.807, 2.05) is 6.08 Å². The normalized spacial score (nSPS) is 21.4. The zero-order chi connectivity index (χ0) is 42.3. The summed E-state index contributed by atoms with van der Waals surface area (Å²) < 4.78 is 11.2. The van der Waals surface area contributed by atoms with Crippen molar-refractivity contribution >= 4 is 5.91 Å². The second-order valence-electron chi connectivity index (χ2n) is 16.2. The number of hydrogen-bond donors (Lipinski definition) is 6. The van der Waals surface area contributed by atoms with Crippen LogP contribution in [0.4, 0.5) is 0 Å². The summed E-state index contributed by atoms with van der Waals surface area (Å²) in [6.07, 6.45) is 44.1. The maximum Gasteiger partial charge on any atom is 0.220 e. The van der Waals surface area contributed by atoms with Crippen LogP contribution in [0.3, 0.4) is 0 Å². The molecule has 1 rings (SSSR count). The SMILES string of the molecule is CCC/C=C\C/C=C\CCCCCCCC(=O)NC(COC1OC(CO)C(O)C(O)C1O)C(O)/C=C/CC/C=C/CC/C=C/CCCCCCCCCCCCCC. The van der Waals surface area contributed by atoms with Crippen molar-refractivity contribution in [3.63, 3.8) is 0 Å². The van der Waals surface area contributed by atoms with Crippen molar-refractivity contribution in [3.8, 4) is 0 Å². The van der Waals surface area contributed by atoms with Gasteiger partial charge in [-0.3, -0.25) is 4.79 Å². The molecule has 336 valence electrons. The van der Waals surface area contributed by atoms with Crippen molar-refractivity contribution in [1.29, 1.82) is 0 Å². The van der Waals surface area contributed by atoms with Gasteiger partial charge in [0, 0.05) is 6.42 Å². The van der Waals surface area contributed by atoms with E-state index in [-0.39, 0.29) is 12.5 Å². The lowest BCUT2D eigenvalue weighted by atomic mass is 9.99. The summed E-state index contributed by atoms with van der Waals surface area (Å²) in [5.41, 5.74) is 0. The van der Waals surface area contributed by atoms with E-state index in [1.54, 1.807) is 6.08 Å². The third kappa shape index (κ3) is 29.2. The minimum Gasteiger partial charge on any atom is -0.394 e. The van der Waals surface area contributed by atoms with E-state index in [9.17, 15) is 30.3 Å². The monoisotopic (exact) mass is 818 g/mol. The summed E-state index contributed by atoms with van der Waals surface area (Å²) in [5, 5.41) is 54.1. The molecule has 1 aliphatic rings. The molecule has 0 aromatic heterocycles. The predicted octanol–water partition coefficient (Wildman–Crippen LogP) is 10.0. The van der Waals surface area contributed by atoms with Gasteiger partial charge in [0.25, 0.3) is 0 Å². The van der Waals surface area contributed by atoms with Crippen LogP contribution in [0.5, 0.6) is 0 Å². The number of carbonyl (C=O) groups excluding carboxylic acids is 1. The van der Waals surface area contributed by atoms with Crippen LogP contribution in [0.2, 0.25) is 0 Å². The topological polar surface area (TPSA) is 149 Å². The molecule has 0 aromatic rings. The second-order valence-corrected chi connectivity index (χ2v) is 16.2. The molecule has 1 fully saturated rings. The van der Waals surface area contributed by atoms with Gasteiger partial charge in [-0.05, 0) is 70.6 Å². The maximum absolute atomic E-state index is 12.9. The van der Waals surface area contributed by atoms with Gasteiger partial charge >= 0.3 is 0 Å². The van der Waals surface area contributed by atoms with E-state index in [0.29, 0.717) is 6.42 Å². The van der Waals surface area contributed by atoms with Gasteiger partial charge in [0.15, 0.2) is 6.29 Å². The third-order valence-electron chi connectivity index (χ3n) is 10.8. The first-order valence-electron chi connectivity index (χ1n) is 23.5. The van der Waals surface area contributed by atoms with Gasteiger partial charge in [-0.2, -0.15) is 0 Å². The zero-order valence-electron chi connectivity index (χ0n) is 36.8. The Morgan fingerprint density at radius 1 is 0.586 bits per heavy atom. The molecule has 0 saturated carbocycles. The van der Waals surface area contributed by atoms with Crippen molar-refractivity contribution in [1.82, 2.24) is 5.32 Å². The van der Waals surface area contributed by atoms with Gasteiger partial charge in [0.05, 0.1) is 25.4 Å². The average molecular weight is 818 g/mol. The van der Waals surface area contributed by atoms with Crippen LogP contribution in [-0.4, -0.2) is 87.5 Å². The molecule has 9 heteroatoms. The molecule has 0 aliphatic carbocycles. The van der Waals surface area contributed by atoms with E-state index in [4.69, 9.17) is 9.47 Å². The van der Waals surface area contributed by atoms with Crippen molar-refractivity contribution in [3.05, 3.63) is 60.8 Å². The summed E-state index contributed by atoms with van der Waals surface area (Å²) in [4.78, 5) is 12.9. The molecule has 0 radical (unpaired) electrons. The first-order chi connectivity index (χ1) is 28.3. The Morgan fingerprint density at radius 3 is 1.62 bits per heavy atom. The quantitative estimate of drug-likeness (QED) is 0.0267. The number of ether oxygens (including phenoxy) is 2. The van der Waals surface area contributed by atoms with E-state index >= 15 is 0 Å². The Bertz CT molecular complexity index is 1090. The summed E-state index contributed by atoms with van der Waals surface area (Å²) in [7, 11) is 0. The molecule has 9 nitrogen and oxygen atoms in total. The van der Waals surface area contributed by atoms with Crippen LogP contribution in [0, 0.1) is 0 Å². The number of nitrogens with one attached hydrogen (secondary N) is 1. The minimum absolute atomic E-state index is 0.208. The lowest BCUT2D eigenvalue weighted by molar-refractivity contribution is -0.302. The van der Waals surface area contributed by atoms with E-state index in [2.05, 4.69) is 67.8 Å². The molecule has 6 N–H and O–H groups in total. The summed E-state index contributed by atoms with van der Waals surface area (Å²) in [5.74, 6) is -0.208. The fourth-order valence-electron chi connectivity index (χ4n) is 6.99. The Kier molecular flexibility index (Phi) is 36.3. The molecule has 1 saturated heterocycles. The summed E-state index contributed by atoms with van der Waals surface area (Å²) >= 11 is 0.